The third-order valence-electron chi connectivity index (χ3n) is 6.80. The van der Waals surface area contributed by atoms with Crippen LogP contribution in [-0.4, -0.2) is 22.9 Å². The summed E-state index contributed by atoms with van der Waals surface area (Å²) < 4.78 is 0. The summed E-state index contributed by atoms with van der Waals surface area (Å²) in [6.07, 6.45) is 9.54. The molecule has 0 saturated heterocycles. The third kappa shape index (κ3) is 3.05. The van der Waals surface area contributed by atoms with Crippen LogP contribution in [0.25, 0.3) is 0 Å². The Morgan fingerprint density at radius 2 is 2.05 bits per heavy atom. The summed E-state index contributed by atoms with van der Waals surface area (Å²) in [7, 11) is 0. The maximum Gasteiger partial charge on any atom is 0.0614 e. The molecule has 126 valence electrons. The van der Waals surface area contributed by atoms with Crippen LogP contribution in [0.2, 0.25) is 0 Å². The fraction of sp³-hybridized carbons (Fsp3) is 0.800. The van der Waals surface area contributed by atoms with Crippen LogP contribution in [0.5, 0.6) is 0 Å². The summed E-state index contributed by atoms with van der Waals surface area (Å²) in [6.45, 7) is 11.5. The molecule has 2 aliphatic rings. The molecule has 0 bridgehead atoms. The van der Waals surface area contributed by atoms with Gasteiger partial charge >= 0.3 is 0 Å². The lowest BCUT2D eigenvalue weighted by Crippen LogP contribution is -2.54. The predicted octanol–water partition coefficient (Wildman–Crippen LogP) is 4.47. The van der Waals surface area contributed by atoms with Gasteiger partial charge in [0, 0.05) is 0 Å². The highest BCUT2D eigenvalue weighted by molar-refractivity contribution is 5.19. The fourth-order valence-corrected chi connectivity index (χ4v) is 5.22. The molecule has 2 N–H and O–H groups in total. The van der Waals surface area contributed by atoms with Crippen molar-refractivity contribution in [3.63, 3.8) is 0 Å². The number of hydrogen-bond acceptors (Lipinski definition) is 2. The van der Waals surface area contributed by atoms with Crippen molar-refractivity contribution >= 4 is 0 Å². The summed E-state index contributed by atoms with van der Waals surface area (Å²) in [6, 6.07) is 0. The normalized spacial score (nSPS) is 38.4. The Morgan fingerprint density at radius 3 is 2.68 bits per heavy atom. The zero-order chi connectivity index (χ0) is 16.5. The molecule has 2 heteroatoms. The van der Waals surface area contributed by atoms with Crippen molar-refractivity contribution in [3.05, 3.63) is 23.3 Å². The summed E-state index contributed by atoms with van der Waals surface area (Å²) >= 11 is 0. The van der Waals surface area contributed by atoms with Crippen molar-refractivity contribution in [1.82, 2.24) is 0 Å². The lowest BCUT2D eigenvalue weighted by atomic mass is 9.47. The zero-order valence-electron chi connectivity index (χ0n) is 15.0. The van der Waals surface area contributed by atoms with Gasteiger partial charge in [-0.3, -0.25) is 0 Å². The Balaban J connectivity index is 2.24. The Hall–Kier alpha value is -0.600. The number of fused-ring (bicyclic) bond motifs is 1. The molecule has 0 unspecified atom stereocenters. The Kier molecular flexibility index (Phi) is 5.23. The molecular formula is C20H34O2. The molecule has 0 heterocycles. The minimum atomic E-state index is -0.172. The van der Waals surface area contributed by atoms with Crippen LogP contribution in [0.1, 0.15) is 66.7 Å². The van der Waals surface area contributed by atoms with E-state index in [1.807, 2.05) is 6.08 Å². The van der Waals surface area contributed by atoms with E-state index in [2.05, 4.69) is 40.7 Å². The average Bonchev–Trinajstić information content (AvgIpc) is 2.43. The molecule has 0 aliphatic heterocycles. The highest BCUT2D eigenvalue weighted by atomic mass is 16.3. The molecule has 0 aromatic carbocycles. The number of aliphatic hydroxyl groups excluding tert-OH is 2. The van der Waals surface area contributed by atoms with Crippen LogP contribution in [-0.2, 0) is 0 Å². The van der Waals surface area contributed by atoms with E-state index >= 15 is 0 Å². The lowest BCUT2D eigenvalue weighted by molar-refractivity contribution is -0.115. The van der Waals surface area contributed by atoms with Gasteiger partial charge in [0.2, 0.25) is 0 Å². The first kappa shape index (κ1) is 17.7. The largest absolute Gasteiger partial charge is 0.393 e. The van der Waals surface area contributed by atoms with E-state index in [9.17, 15) is 5.11 Å². The molecule has 22 heavy (non-hydrogen) atoms. The van der Waals surface area contributed by atoms with Crippen molar-refractivity contribution in [2.24, 2.45) is 22.7 Å². The van der Waals surface area contributed by atoms with Gasteiger partial charge in [0.05, 0.1) is 12.7 Å². The number of aliphatic hydroxyl groups is 2. The van der Waals surface area contributed by atoms with Gasteiger partial charge in [-0.05, 0) is 68.6 Å². The molecule has 2 nitrogen and oxygen atoms in total. The maximum atomic E-state index is 10.5. The number of allylic oxidation sites excluding steroid dienone is 3. The van der Waals surface area contributed by atoms with E-state index in [-0.39, 0.29) is 18.1 Å². The summed E-state index contributed by atoms with van der Waals surface area (Å²) in [5.74, 6) is 1.15. The molecule has 1 fully saturated rings. The molecule has 1 saturated carbocycles. The van der Waals surface area contributed by atoms with E-state index in [4.69, 9.17) is 5.11 Å². The highest BCUT2D eigenvalue weighted by Crippen LogP contribution is 2.60. The van der Waals surface area contributed by atoms with Crippen LogP contribution >= 0.6 is 0 Å². The van der Waals surface area contributed by atoms with Gasteiger partial charge in [-0.15, -0.1) is 0 Å². The minimum absolute atomic E-state index is 0.00156. The van der Waals surface area contributed by atoms with Gasteiger partial charge in [0.25, 0.3) is 0 Å². The zero-order valence-corrected chi connectivity index (χ0v) is 15.0. The summed E-state index contributed by atoms with van der Waals surface area (Å²) in [4.78, 5) is 0. The first-order valence-corrected chi connectivity index (χ1v) is 8.84. The molecule has 0 radical (unpaired) electrons. The van der Waals surface area contributed by atoms with Crippen molar-refractivity contribution in [3.8, 4) is 0 Å². The van der Waals surface area contributed by atoms with Crippen LogP contribution in [0, 0.1) is 22.7 Å². The molecule has 0 aromatic heterocycles. The van der Waals surface area contributed by atoms with Crippen molar-refractivity contribution in [1.29, 1.82) is 0 Å². The van der Waals surface area contributed by atoms with Gasteiger partial charge in [0.1, 0.15) is 0 Å². The smallest absolute Gasteiger partial charge is 0.0614 e. The predicted molar refractivity (Wildman–Crippen MR) is 92.6 cm³/mol. The third-order valence-corrected chi connectivity index (χ3v) is 6.80. The molecule has 2 rings (SSSR count). The molecule has 0 spiro atoms. The highest BCUT2D eigenvalue weighted by Gasteiger charge is 2.54. The van der Waals surface area contributed by atoms with Crippen LogP contribution in [0.4, 0.5) is 0 Å². The van der Waals surface area contributed by atoms with Crippen molar-refractivity contribution in [2.45, 2.75) is 72.8 Å². The van der Waals surface area contributed by atoms with Gasteiger partial charge in [-0.2, -0.15) is 0 Å². The van der Waals surface area contributed by atoms with Crippen molar-refractivity contribution < 1.29 is 10.2 Å². The Bertz CT molecular complexity index is 460. The molecule has 4 atom stereocenters. The monoisotopic (exact) mass is 306 g/mol. The molecule has 0 amide bonds. The Labute approximate surface area is 136 Å². The minimum Gasteiger partial charge on any atom is -0.393 e. The molecular weight excluding hydrogens is 272 g/mol. The van der Waals surface area contributed by atoms with E-state index < -0.39 is 0 Å². The topological polar surface area (TPSA) is 40.5 Å². The average molecular weight is 306 g/mol. The number of rotatable bonds is 4. The van der Waals surface area contributed by atoms with Gasteiger partial charge < -0.3 is 10.2 Å². The van der Waals surface area contributed by atoms with Crippen LogP contribution in [0.3, 0.4) is 0 Å². The van der Waals surface area contributed by atoms with E-state index in [0.717, 1.165) is 32.1 Å². The SMILES string of the molecule is CC1=CC[C@@H]2C(C)(C)[C@@H](O)CC[C@@]2(C)[C@@H]1CC/C(C)=C/CO. The van der Waals surface area contributed by atoms with Gasteiger partial charge in [-0.25, -0.2) is 0 Å². The van der Waals surface area contributed by atoms with Crippen LogP contribution in [0.15, 0.2) is 23.3 Å². The van der Waals surface area contributed by atoms with Crippen molar-refractivity contribution in [2.75, 3.05) is 6.61 Å². The second-order valence-corrected chi connectivity index (χ2v) is 8.44. The Morgan fingerprint density at radius 1 is 1.36 bits per heavy atom. The summed E-state index contributed by atoms with van der Waals surface area (Å²) in [5.41, 5.74) is 3.11. The van der Waals surface area contributed by atoms with Crippen LogP contribution < -0.4 is 0 Å². The number of hydrogen-bond donors (Lipinski definition) is 2. The standard InChI is InChI=1S/C20H34O2/c1-14(11-13-21)6-8-16-15(2)7-9-17-19(3,4)18(22)10-12-20(16,17)5/h7,11,16-18,21-22H,6,8-10,12-13H2,1-5H3/b14-11+/t16-,17-,18+,20+/m1/s1. The second kappa shape index (κ2) is 6.49. The molecule has 2 aliphatic carbocycles. The van der Waals surface area contributed by atoms with E-state index in [1.54, 1.807) is 0 Å². The maximum absolute atomic E-state index is 10.5. The quantitative estimate of drug-likeness (QED) is 0.752. The van der Waals surface area contributed by atoms with Gasteiger partial charge in [0.15, 0.2) is 0 Å². The second-order valence-electron chi connectivity index (χ2n) is 8.44. The van der Waals surface area contributed by atoms with E-state index in [0.29, 0.717) is 17.3 Å². The first-order chi connectivity index (χ1) is 10.2. The summed E-state index contributed by atoms with van der Waals surface area (Å²) in [5, 5.41) is 19.5. The fourth-order valence-electron chi connectivity index (χ4n) is 5.22. The molecule has 0 aromatic rings. The van der Waals surface area contributed by atoms with E-state index in [1.165, 1.54) is 11.1 Å². The lowest BCUT2D eigenvalue weighted by Gasteiger charge is -2.58. The van der Waals surface area contributed by atoms with Gasteiger partial charge in [-0.1, -0.05) is 44.1 Å². The first-order valence-electron chi connectivity index (χ1n) is 8.84.